The van der Waals surface area contributed by atoms with Crippen LogP contribution in [0.15, 0.2) is 186 Å². The maximum Gasteiger partial charge on any atom is 0.136 e. The lowest BCUT2D eigenvalue weighted by Crippen LogP contribution is -1.93. The fourth-order valence-corrected chi connectivity index (χ4v) is 7.97. The van der Waals surface area contributed by atoms with Crippen molar-refractivity contribution < 1.29 is 4.42 Å². The van der Waals surface area contributed by atoms with E-state index < -0.39 is 0 Å². The van der Waals surface area contributed by atoms with Crippen molar-refractivity contribution in [3.05, 3.63) is 182 Å². The summed E-state index contributed by atoms with van der Waals surface area (Å²) in [5, 5.41) is 9.70. The van der Waals surface area contributed by atoms with Gasteiger partial charge in [-0.05, 0) is 95.0 Å². The first-order chi connectivity index (χ1) is 24.3. The quantitative estimate of drug-likeness (QED) is 0.178. The standard InChI is InChI=1S/C48H30O/c1-2-15-32(16-3-1)43-29-33(30-45-48(43)42-26-12-13-28-44(42)49-45)46-38-22-8-10-24-40(38)47(41-25-11-9-23-39(41)46)37-21-7-6-20-36(37)35-27-14-18-31-17-4-5-19-34(31)35/h1-30H. The minimum atomic E-state index is 0.899. The van der Waals surface area contributed by atoms with Gasteiger partial charge in [-0.3, -0.25) is 0 Å². The minimum Gasteiger partial charge on any atom is -0.456 e. The predicted octanol–water partition coefficient (Wildman–Crippen LogP) is 13.7. The van der Waals surface area contributed by atoms with Gasteiger partial charge in [-0.2, -0.15) is 0 Å². The highest BCUT2D eigenvalue weighted by molar-refractivity contribution is 6.24. The van der Waals surface area contributed by atoms with E-state index in [9.17, 15) is 0 Å². The highest BCUT2D eigenvalue weighted by atomic mass is 16.3. The molecule has 10 aromatic rings. The summed E-state index contributed by atoms with van der Waals surface area (Å²) in [6.07, 6.45) is 0. The summed E-state index contributed by atoms with van der Waals surface area (Å²) in [6.45, 7) is 0. The third-order valence-corrected chi connectivity index (χ3v) is 10.1. The highest BCUT2D eigenvalue weighted by Crippen LogP contribution is 2.48. The molecule has 0 aliphatic rings. The van der Waals surface area contributed by atoms with Crippen molar-refractivity contribution in [2.45, 2.75) is 0 Å². The molecule has 0 atom stereocenters. The van der Waals surface area contributed by atoms with Crippen LogP contribution >= 0.6 is 0 Å². The molecule has 0 radical (unpaired) electrons. The van der Waals surface area contributed by atoms with Crippen LogP contribution < -0.4 is 0 Å². The van der Waals surface area contributed by atoms with Gasteiger partial charge in [0.05, 0.1) is 0 Å². The molecule has 228 valence electrons. The number of rotatable bonds is 4. The first-order valence-electron chi connectivity index (χ1n) is 16.9. The molecule has 1 aromatic heterocycles. The molecule has 9 aromatic carbocycles. The Labute approximate surface area is 284 Å². The third kappa shape index (κ3) is 4.33. The smallest absolute Gasteiger partial charge is 0.136 e. The third-order valence-electron chi connectivity index (χ3n) is 10.1. The zero-order valence-corrected chi connectivity index (χ0v) is 26.7. The second-order valence-electron chi connectivity index (χ2n) is 12.8. The van der Waals surface area contributed by atoms with E-state index in [0.717, 1.165) is 27.5 Å². The molecule has 0 saturated carbocycles. The summed E-state index contributed by atoms with van der Waals surface area (Å²) in [7, 11) is 0. The van der Waals surface area contributed by atoms with Crippen LogP contribution in [0.3, 0.4) is 0 Å². The molecule has 0 aliphatic heterocycles. The first-order valence-corrected chi connectivity index (χ1v) is 16.9. The van der Waals surface area contributed by atoms with Gasteiger partial charge in [0.15, 0.2) is 0 Å². The average Bonchev–Trinajstić information content (AvgIpc) is 3.55. The van der Waals surface area contributed by atoms with Crippen LogP contribution in [0.2, 0.25) is 0 Å². The summed E-state index contributed by atoms with van der Waals surface area (Å²) >= 11 is 0. The Bertz CT molecular complexity index is 2810. The summed E-state index contributed by atoms with van der Waals surface area (Å²) in [6, 6.07) is 65.7. The van der Waals surface area contributed by atoms with E-state index in [1.54, 1.807) is 0 Å². The molecule has 0 aliphatic carbocycles. The van der Waals surface area contributed by atoms with E-state index in [2.05, 4.69) is 176 Å². The van der Waals surface area contributed by atoms with Crippen molar-refractivity contribution in [2.75, 3.05) is 0 Å². The monoisotopic (exact) mass is 622 g/mol. The molecule has 1 heterocycles. The Balaban J connectivity index is 1.31. The van der Waals surface area contributed by atoms with Gasteiger partial charge >= 0.3 is 0 Å². The van der Waals surface area contributed by atoms with E-state index in [1.807, 2.05) is 6.07 Å². The van der Waals surface area contributed by atoms with Gasteiger partial charge in [-0.1, -0.05) is 164 Å². The van der Waals surface area contributed by atoms with E-state index in [-0.39, 0.29) is 0 Å². The second-order valence-corrected chi connectivity index (χ2v) is 12.8. The molecule has 0 unspecified atom stereocenters. The van der Waals surface area contributed by atoms with E-state index >= 15 is 0 Å². The van der Waals surface area contributed by atoms with Crippen LogP contribution in [0.4, 0.5) is 0 Å². The summed E-state index contributed by atoms with van der Waals surface area (Å²) in [4.78, 5) is 0. The van der Waals surface area contributed by atoms with Crippen LogP contribution in [0, 0.1) is 0 Å². The molecular weight excluding hydrogens is 593 g/mol. The molecule has 10 rings (SSSR count). The Hall–Kier alpha value is -6.44. The van der Waals surface area contributed by atoms with E-state index in [4.69, 9.17) is 4.42 Å². The Morgan fingerprint density at radius 1 is 0.286 bits per heavy atom. The first kappa shape index (κ1) is 27.7. The van der Waals surface area contributed by atoms with Crippen LogP contribution in [-0.2, 0) is 0 Å². The van der Waals surface area contributed by atoms with Gasteiger partial charge in [0, 0.05) is 10.8 Å². The van der Waals surface area contributed by atoms with Crippen molar-refractivity contribution in [1.29, 1.82) is 0 Å². The fraction of sp³-hybridized carbons (Fsp3) is 0. The number of hydrogen-bond acceptors (Lipinski definition) is 1. The summed E-state index contributed by atoms with van der Waals surface area (Å²) < 4.78 is 6.59. The van der Waals surface area contributed by atoms with Crippen molar-refractivity contribution in [3.8, 4) is 44.5 Å². The van der Waals surface area contributed by atoms with Crippen LogP contribution in [-0.4, -0.2) is 0 Å². The number of hydrogen-bond donors (Lipinski definition) is 0. The van der Waals surface area contributed by atoms with Crippen LogP contribution in [0.1, 0.15) is 0 Å². The normalized spacial score (nSPS) is 11.7. The molecule has 0 N–H and O–H groups in total. The highest BCUT2D eigenvalue weighted by Gasteiger charge is 2.21. The number of fused-ring (bicyclic) bond motifs is 6. The Kier molecular flexibility index (Phi) is 6.25. The molecular formula is C48H30O. The number of furan rings is 1. The topological polar surface area (TPSA) is 13.1 Å². The van der Waals surface area contributed by atoms with Crippen LogP contribution in [0.25, 0.3) is 98.8 Å². The van der Waals surface area contributed by atoms with E-state index in [1.165, 1.54) is 71.3 Å². The maximum atomic E-state index is 6.59. The largest absolute Gasteiger partial charge is 0.456 e. The van der Waals surface area contributed by atoms with E-state index in [0.29, 0.717) is 0 Å². The summed E-state index contributed by atoms with van der Waals surface area (Å²) in [5.74, 6) is 0. The molecule has 0 amide bonds. The lowest BCUT2D eigenvalue weighted by Gasteiger charge is -2.20. The van der Waals surface area contributed by atoms with Gasteiger partial charge in [-0.15, -0.1) is 0 Å². The zero-order valence-electron chi connectivity index (χ0n) is 26.7. The van der Waals surface area contributed by atoms with Gasteiger partial charge in [0.1, 0.15) is 11.2 Å². The number of benzene rings is 9. The lowest BCUT2D eigenvalue weighted by molar-refractivity contribution is 0.669. The van der Waals surface area contributed by atoms with Crippen molar-refractivity contribution in [3.63, 3.8) is 0 Å². The average molecular weight is 623 g/mol. The molecule has 49 heavy (non-hydrogen) atoms. The Morgan fingerprint density at radius 3 is 1.55 bits per heavy atom. The molecule has 0 spiro atoms. The fourth-order valence-electron chi connectivity index (χ4n) is 7.97. The van der Waals surface area contributed by atoms with Gasteiger partial charge in [-0.25, -0.2) is 0 Å². The van der Waals surface area contributed by atoms with Crippen molar-refractivity contribution >= 4 is 54.3 Å². The van der Waals surface area contributed by atoms with Gasteiger partial charge in [0.2, 0.25) is 0 Å². The minimum absolute atomic E-state index is 0.899. The molecule has 1 heteroatoms. The number of para-hydroxylation sites is 1. The van der Waals surface area contributed by atoms with Crippen molar-refractivity contribution in [1.82, 2.24) is 0 Å². The van der Waals surface area contributed by atoms with Crippen molar-refractivity contribution in [2.24, 2.45) is 0 Å². The van der Waals surface area contributed by atoms with Gasteiger partial charge in [0.25, 0.3) is 0 Å². The maximum absolute atomic E-state index is 6.59. The Morgan fingerprint density at radius 2 is 0.816 bits per heavy atom. The molecule has 1 nitrogen and oxygen atoms in total. The summed E-state index contributed by atoms with van der Waals surface area (Å²) in [5.41, 5.74) is 11.5. The van der Waals surface area contributed by atoms with Crippen LogP contribution in [0.5, 0.6) is 0 Å². The SMILES string of the molecule is c1ccc(-c2cc(-c3c4ccccc4c(-c4ccccc4-c4cccc5ccccc45)c4ccccc34)cc3oc4ccccc4c23)cc1. The molecule has 0 fully saturated rings. The predicted molar refractivity (Wildman–Crippen MR) is 208 cm³/mol. The second kappa shape index (κ2) is 11.1. The molecule has 0 bridgehead atoms. The lowest BCUT2D eigenvalue weighted by atomic mass is 9.82. The van der Waals surface area contributed by atoms with Gasteiger partial charge < -0.3 is 4.42 Å². The molecule has 0 saturated heterocycles. The zero-order chi connectivity index (χ0) is 32.3.